The molecular weight excluding hydrogens is 472 g/mol. The van der Waals surface area contributed by atoms with Gasteiger partial charge in [0, 0.05) is 11.3 Å². The van der Waals surface area contributed by atoms with Gasteiger partial charge in [-0.2, -0.15) is 0 Å². The van der Waals surface area contributed by atoms with Crippen LogP contribution < -0.4 is 0 Å². The lowest BCUT2D eigenvalue weighted by atomic mass is 9.38. The molecule has 1 unspecified atom stereocenters. The summed E-state index contributed by atoms with van der Waals surface area (Å²) < 4.78 is 10.9. The summed E-state index contributed by atoms with van der Waals surface area (Å²) in [6.45, 7) is 6.84. The molecule has 6 N–H and O–H groups in total. The third-order valence-electron chi connectivity index (χ3n) is 10.7. The Labute approximate surface area is 209 Å². The van der Waals surface area contributed by atoms with Crippen LogP contribution in [-0.4, -0.2) is 91.4 Å². The fourth-order valence-corrected chi connectivity index (χ4v) is 8.82. The summed E-state index contributed by atoms with van der Waals surface area (Å²) in [5, 5.41) is 63.9. The predicted molar refractivity (Wildman–Crippen MR) is 123 cm³/mol. The van der Waals surface area contributed by atoms with Crippen LogP contribution in [0.25, 0.3) is 0 Å². The molecule has 10 nitrogen and oxygen atoms in total. The first-order valence-corrected chi connectivity index (χ1v) is 12.9. The predicted octanol–water partition coefficient (Wildman–Crippen LogP) is -0.437. The highest BCUT2D eigenvalue weighted by molar-refractivity contribution is 6.04. The van der Waals surface area contributed by atoms with Crippen LogP contribution in [0, 0.1) is 28.1 Å². The highest BCUT2D eigenvalue weighted by atomic mass is 16.7. The summed E-state index contributed by atoms with van der Waals surface area (Å²) >= 11 is 0. The maximum absolute atomic E-state index is 13.7. The Balaban J connectivity index is 1.48. The van der Waals surface area contributed by atoms with E-state index in [2.05, 4.69) is 6.58 Å². The molecule has 0 amide bonds. The lowest BCUT2D eigenvalue weighted by Crippen LogP contribution is -2.73. The number of carbonyl (C=O) groups is 2. The summed E-state index contributed by atoms with van der Waals surface area (Å²) in [6, 6.07) is 0. The second-order valence-corrected chi connectivity index (χ2v) is 12.3. The van der Waals surface area contributed by atoms with Gasteiger partial charge >= 0.3 is 5.97 Å². The molecule has 202 valence electrons. The van der Waals surface area contributed by atoms with Gasteiger partial charge in [-0.1, -0.05) is 19.9 Å². The van der Waals surface area contributed by atoms with E-state index in [1.807, 2.05) is 6.92 Å². The van der Waals surface area contributed by atoms with Crippen molar-refractivity contribution < 1.29 is 49.7 Å². The highest BCUT2D eigenvalue weighted by Gasteiger charge is 2.77. The third kappa shape index (κ3) is 3.09. The van der Waals surface area contributed by atoms with Gasteiger partial charge in [0.2, 0.25) is 6.29 Å². The van der Waals surface area contributed by atoms with Crippen LogP contribution in [0.4, 0.5) is 0 Å². The van der Waals surface area contributed by atoms with Gasteiger partial charge in [-0.15, -0.1) is 0 Å². The van der Waals surface area contributed by atoms with Gasteiger partial charge in [0.1, 0.15) is 24.4 Å². The SMILES string of the molecule is C=C1C(=O)[C@]23C[C@H]1CC[C@@]2(O)[C@]1(C)CCC[C@@](C)(C(=O)O[C@@H]2O[C@H](CO)[C@@H](O)[C@H](O)[C@H]2O)C1[C@H](O)C3. The molecule has 1 aliphatic heterocycles. The number of Topliss-reactive ketones (excluding diaryl/α,β-unsaturated/α-hetero) is 1. The zero-order chi connectivity index (χ0) is 26.4. The first-order chi connectivity index (χ1) is 16.8. The van der Waals surface area contributed by atoms with Gasteiger partial charge in [-0.3, -0.25) is 9.59 Å². The van der Waals surface area contributed by atoms with Crippen molar-refractivity contribution >= 4 is 11.8 Å². The summed E-state index contributed by atoms with van der Waals surface area (Å²) in [6.07, 6.45) is -6.11. The van der Waals surface area contributed by atoms with E-state index in [4.69, 9.17) is 9.47 Å². The van der Waals surface area contributed by atoms with Crippen molar-refractivity contribution in [1.82, 2.24) is 0 Å². The zero-order valence-corrected chi connectivity index (χ0v) is 20.8. The minimum absolute atomic E-state index is 0.00347. The molecule has 5 fully saturated rings. The van der Waals surface area contributed by atoms with Crippen molar-refractivity contribution in [3.8, 4) is 0 Å². The summed E-state index contributed by atoms with van der Waals surface area (Å²) in [5.41, 5.74) is -4.31. The second-order valence-electron chi connectivity index (χ2n) is 12.3. The lowest BCUT2D eigenvalue weighted by molar-refractivity contribution is -0.306. The van der Waals surface area contributed by atoms with E-state index in [9.17, 15) is 40.2 Å². The molecule has 0 radical (unpaired) electrons. The van der Waals surface area contributed by atoms with Gasteiger partial charge in [-0.25, -0.2) is 0 Å². The molecule has 0 aromatic heterocycles. The van der Waals surface area contributed by atoms with E-state index in [1.54, 1.807) is 6.92 Å². The minimum Gasteiger partial charge on any atom is -0.432 e. The molecule has 0 aromatic carbocycles. The van der Waals surface area contributed by atoms with Crippen molar-refractivity contribution in [2.24, 2.45) is 28.1 Å². The third-order valence-corrected chi connectivity index (χ3v) is 10.7. The van der Waals surface area contributed by atoms with Crippen LogP contribution in [0.15, 0.2) is 12.2 Å². The number of hydrogen-bond acceptors (Lipinski definition) is 10. The van der Waals surface area contributed by atoms with Crippen LogP contribution in [0.1, 0.15) is 58.8 Å². The van der Waals surface area contributed by atoms with Gasteiger partial charge in [0.15, 0.2) is 5.78 Å². The smallest absolute Gasteiger partial charge is 0.314 e. The van der Waals surface area contributed by atoms with Crippen molar-refractivity contribution in [3.05, 3.63) is 12.2 Å². The van der Waals surface area contributed by atoms with E-state index in [1.165, 1.54) is 0 Å². The number of allylic oxidation sites excluding steroid dienone is 1. The highest BCUT2D eigenvalue weighted by Crippen LogP contribution is 2.72. The first-order valence-electron chi connectivity index (χ1n) is 12.9. The average molecular weight is 511 g/mol. The molecule has 1 heterocycles. The molecule has 4 aliphatic carbocycles. The van der Waals surface area contributed by atoms with Crippen LogP contribution in [0.3, 0.4) is 0 Å². The maximum Gasteiger partial charge on any atom is 0.314 e. The number of ether oxygens (including phenoxy) is 2. The van der Waals surface area contributed by atoms with Crippen molar-refractivity contribution in [3.63, 3.8) is 0 Å². The number of fused-ring (bicyclic) bond motifs is 3. The number of carbonyl (C=O) groups excluding carboxylic acids is 2. The van der Waals surface area contributed by atoms with Gasteiger partial charge < -0.3 is 40.1 Å². The fraction of sp³-hybridized carbons (Fsp3) is 0.846. The first kappa shape index (κ1) is 26.2. The van der Waals surface area contributed by atoms with E-state index in [-0.39, 0.29) is 18.1 Å². The fourth-order valence-electron chi connectivity index (χ4n) is 8.82. The number of ketones is 1. The second kappa shape index (κ2) is 8.30. The zero-order valence-electron chi connectivity index (χ0n) is 20.8. The molecule has 2 bridgehead atoms. The Bertz CT molecular complexity index is 966. The van der Waals surface area contributed by atoms with Crippen LogP contribution in [0.5, 0.6) is 0 Å². The molecular formula is C26H38O10. The topological polar surface area (TPSA) is 174 Å². The Hall–Kier alpha value is -1.40. The Morgan fingerprint density at radius 1 is 1.08 bits per heavy atom. The van der Waals surface area contributed by atoms with E-state index in [0.717, 1.165) is 0 Å². The monoisotopic (exact) mass is 510 g/mol. The van der Waals surface area contributed by atoms with Crippen molar-refractivity contribution in [2.75, 3.05) is 6.61 Å². The van der Waals surface area contributed by atoms with Gasteiger partial charge in [-0.05, 0) is 56.9 Å². The minimum atomic E-state index is -1.74. The Morgan fingerprint density at radius 2 is 1.78 bits per heavy atom. The molecule has 10 heteroatoms. The average Bonchev–Trinajstić information content (AvgIpc) is 3.03. The van der Waals surface area contributed by atoms with Crippen LogP contribution >= 0.6 is 0 Å². The molecule has 0 aromatic rings. The molecule has 5 aliphatic rings. The largest absolute Gasteiger partial charge is 0.432 e. The van der Waals surface area contributed by atoms with Crippen molar-refractivity contribution in [1.29, 1.82) is 0 Å². The van der Waals surface area contributed by atoms with E-state index >= 15 is 0 Å². The summed E-state index contributed by atoms with van der Waals surface area (Å²) in [5.74, 6) is -1.71. The summed E-state index contributed by atoms with van der Waals surface area (Å²) in [7, 11) is 0. The summed E-state index contributed by atoms with van der Waals surface area (Å²) in [4.78, 5) is 27.2. The lowest BCUT2D eigenvalue weighted by Gasteiger charge is -2.68. The van der Waals surface area contributed by atoms with Gasteiger partial charge in [0.25, 0.3) is 0 Å². The number of aliphatic hydroxyl groups is 6. The molecule has 36 heavy (non-hydrogen) atoms. The quantitative estimate of drug-likeness (QED) is 0.216. The molecule has 4 saturated carbocycles. The number of aliphatic hydroxyl groups excluding tert-OH is 5. The molecule has 5 rings (SSSR count). The van der Waals surface area contributed by atoms with Crippen molar-refractivity contribution in [2.45, 2.75) is 101 Å². The van der Waals surface area contributed by atoms with E-state index in [0.29, 0.717) is 44.1 Å². The molecule has 12 atom stereocenters. The Morgan fingerprint density at radius 3 is 2.44 bits per heavy atom. The number of esters is 1. The number of rotatable bonds is 3. The standard InChI is InChI=1S/C26H38O10/c1-12-13-5-8-26(34)24(3)7-4-6-23(2,19(24)14(28)10-25(26,9-13)20(12)32)22(33)36-21-18(31)17(30)16(29)15(11-27)35-21/h13-19,21,27-31,34H,1,4-11H2,2-3H3/t13-,14-,15-,16-,17+,18-,19?,21+,23-,24-,25-,26-/m1/s1. The van der Waals surface area contributed by atoms with Crippen LogP contribution in [-0.2, 0) is 19.1 Å². The maximum atomic E-state index is 13.7. The van der Waals surface area contributed by atoms with Gasteiger partial charge in [0.05, 0.1) is 29.1 Å². The number of hydrogen-bond donors (Lipinski definition) is 6. The van der Waals surface area contributed by atoms with E-state index < -0.39 is 77.1 Å². The van der Waals surface area contributed by atoms with Crippen LogP contribution in [0.2, 0.25) is 0 Å². The Kier molecular flexibility index (Phi) is 6.04. The molecule has 1 spiro atoms. The molecule has 1 saturated heterocycles. The normalized spacial score (nSPS) is 54.6.